The first-order chi connectivity index (χ1) is 6.66. The van der Waals surface area contributed by atoms with Crippen LogP contribution in [0.25, 0.3) is 0 Å². The molecule has 0 saturated heterocycles. The Kier molecular flexibility index (Phi) is 5.49. The van der Waals surface area contributed by atoms with Crippen LogP contribution in [0.1, 0.15) is 34.6 Å². The molecule has 0 heterocycles. The topological polar surface area (TPSA) is 38.3 Å². The van der Waals surface area contributed by atoms with Gasteiger partial charge in [0.1, 0.15) is 0 Å². The first-order valence-electron chi connectivity index (χ1n) is 5.10. The van der Waals surface area contributed by atoms with Crippen LogP contribution < -0.4 is 5.32 Å². The van der Waals surface area contributed by atoms with E-state index in [9.17, 15) is 4.79 Å². The number of hydrogen-bond acceptors (Lipinski definition) is 3. The number of alkyl carbamates (subject to hydrolysis) is 1. The minimum absolute atomic E-state index is 0.0364. The molecule has 0 aliphatic carbocycles. The number of rotatable bonds is 4. The summed E-state index contributed by atoms with van der Waals surface area (Å²) in [6, 6.07) is 0. The van der Waals surface area contributed by atoms with Gasteiger partial charge in [-0.1, -0.05) is 13.8 Å². The average molecular weight is 233 g/mol. The highest BCUT2D eigenvalue weighted by molar-refractivity contribution is 7.98. The fourth-order valence-corrected chi connectivity index (χ4v) is 1.90. The second-order valence-electron chi connectivity index (χ2n) is 5.55. The van der Waals surface area contributed by atoms with E-state index in [2.05, 4.69) is 25.4 Å². The molecule has 0 atom stereocenters. The van der Waals surface area contributed by atoms with Gasteiger partial charge in [0.25, 0.3) is 0 Å². The third kappa shape index (κ3) is 8.60. The molecule has 0 aromatic rings. The number of thioether (sulfide) groups is 1. The van der Waals surface area contributed by atoms with E-state index in [-0.39, 0.29) is 17.0 Å². The molecule has 4 heteroatoms. The van der Waals surface area contributed by atoms with Gasteiger partial charge in [0.05, 0.1) is 6.61 Å². The molecule has 1 N–H and O–H groups in total. The summed E-state index contributed by atoms with van der Waals surface area (Å²) in [5.41, 5.74) is -0.199. The van der Waals surface area contributed by atoms with E-state index in [0.29, 0.717) is 6.61 Å². The lowest BCUT2D eigenvalue weighted by Crippen LogP contribution is -2.42. The smallest absolute Gasteiger partial charge is 0.407 e. The maximum Gasteiger partial charge on any atom is 0.407 e. The molecule has 3 nitrogen and oxygen atoms in total. The lowest BCUT2D eigenvalue weighted by molar-refractivity contribution is 0.102. The van der Waals surface area contributed by atoms with E-state index in [4.69, 9.17) is 4.74 Å². The lowest BCUT2D eigenvalue weighted by atomic mass is 9.98. The van der Waals surface area contributed by atoms with Crippen LogP contribution in [0.4, 0.5) is 4.79 Å². The zero-order valence-electron chi connectivity index (χ0n) is 10.6. The van der Waals surface area contributed by atoms with Crippen LogP contribution in [0, 0.1) is 5.41 Å². The van der Waals surface area contributed by atoms with Crippen LogP contribution in [-0.4, -0.2) is 30.2 Å². The Labute approximate surface area is 97.3 Å². The molecule has 0 bridgehead atoms. The van der Waals surface area contributed by atoms with Gasteiger partial charge in [0.15, 0.2) is 0 Å². The Morgan fingerprint density at radius 2 is 1.80 bits per heavy atom. The van der Waals surface area contributed by atoms with Gasteiger partial charge in [-0.3, -0.25) is 0 Å². The largest absolute Gasteiger partial charge is 0.449 e. The van der Waals surface area contributed by atoms with Gasteiger partial charge >= 0.3 is 6.09 Å². The number of amides is 1. The first-order valence-corrected chi connectivity index (χ1v) is 6.49. The molecule has 0 rings (SSSR count). The van der Waals surface area contributed by atoms with Crippen molar-refractivity contribution in [1.29, 1.82) is 0 Å². The third-order valence-electron chi connectivity index (χ3n) is 1.61. The highest BCUT2D eigenvalue weighted by atomic mass is 32.2. The Hall–Kier alpha value is -0.380. The van der Waals surface area contributed by atoms with Crippen LogP contribution in [-0.2, 0) is 4.74 Å². The van der Waals surface area contributed by atoms with E-state index in [0.717, 1.165) is 5.75 Å². The van der Waals surface area contributed by atoms with Gasteiger partial charge in [-0.15, -0.1) is 0 Å². The van der Waals surface area contributed by atoms with Crippen molar-refractivity contribution >= 4 is 17.9 Å². The number of ether oxygens (including phenoxy) is 1. The average Bonchev–Trinajstić information content (AvgIpc) is 1.98. The second-order valence-corrected chi connectivity index (χ2v) is 6.41. The van der Waals surface area contributed by atoms with Gasteiger partial charge in [-0.25, -0.2) is 4.79 Å². The first kappa shape index (κ1) is 14.6. The zero-order chi connectivity index (χ0) is 12.1. The molecule has 15 heavy (non-hydrogen) atoms. The number of carbonyl (C=O) groups is 1. The summed E-state index contributed by atoms with van der Waals surface area (Å²) in [5, 5.41) is 2.77. The van der Waals surface area contributed by atoms with Crippen LogP contribution in [0.2, 0.25) is 0 Å². The van der Waals surface area contributed by atoms with Crippen molar-refractivity contribution in [3.8, 4) is 0 Å². The summed E-state index contributed by atoms with van der Waals surface area (Å²) >= 11 is 1.76. The number of nitrogens with one attached hydrogen (secondary N) is 1. The molecule has 0 saturated carbocycles. The van der Waals surface area contributed by atoms with E-state index in [1.54, 1.807) is 11.8 Å². The van der Waals surface area contributed by atoms with Gasteiger partial charge in [-0.05, 0) is 27.0 Å². The molecule has 0 fully saturated rings. The Bertz CT molecular complexity index is 209. The summed E-state index contributed by atoms with van der Waals surface area (Å²) < 4.78 is 5.17. The monoisotopic (exact) mass is 233 g/mol. The highest BCUT2D eigenvalue weighted by Gasteiger charge is 2.21. The van der Waals surface area contributed by atoms with E-state index >= 15 is 0 Å². The molecular weight excluding hydrogens is 210 g/mol. The van der Waals surface area contributed by atoms with Crippen molar-refractivity contribution in [1.82, 2.24) is 5.32 Å². The Morgan fingerprint density at radius 1 is 1.27 bits per heavy atom. The molecule has 0 unspecified atom stereocenters. The minimum Gasteiger partial charge on any atom is -0.449 e. The van der Waals surface area contributed by atoms with E-state index in [1.807, 2.05) is 20.8 Å². The number of hydrogen-bond donors (Lipinski definition) is 1. The normalized spacial score (nSPS) is 12.4. The second kappa shape index (κ2) is 5.64. The van der Waals surface area contributed by atoms with Gasteiger partial charge in [0, 0.05) is 16.7 Å². The summed E-state index contributed by atoms with van der Waals surface area (Å²) in [6.45, 7) is 10.4. The molecule has 0 aliphatic rings. The Morgan fingerprint density at radius 3 is 2.20 bits per heavy atom. The SMILES string of the molecule is CSCC(C)(C)COC(=O)NC(C)(C)C. The molecule has 0 spiro atoms. The molecule has 90 valence electrons. The van der Waals surface area contributed by atoms with Gasteiger partial charge in [0.2, 0.25) is 0 Å². The highest BCUT2D eigenvalue weighted by Crippen LogP contribution is 2.20. The van der Waals surface area contributed by atoms with Crippen molar-refractivity contribution < 1.29 is 9.53 Å². The predicted molar refractivity (Wildman–Crippen MR) is 66.4 cm³/mol. The molecule has 1 amide bonds. The molecule has 0 aromatic heterocycles. The number of carbonyl (C=O) groups excluding carboxylic acids is 1. The fourth-order valence-electron chi connectivity index (χ4n) is 1.04. The van der Waals surface area contributed by atoms with Crippen molar-refractivity contribution in [2.45, 2.75) is 40.2 Å². The lowest BCUT2D eigenvalue weighted by Gasteiger charge is -2.25. The van der Waals surface area contributed by atoms with Crippen LogP contribution >= 0.6 is 11.8 Å². The summed E-state index contributed by atoms with van der Waals surface area (Å²) in [6.07, 6.45) is 1.72. The third-order valence-corrected chi connectivity index (χ3v) is 2.68. The quantitative estimate of drug-likeness (QED) is 0.811. The summed E-state index contributed by atoms with van der Waals surface area (Å²) in [7, 11) is 0. The van der Waals surface area contributed by atoms with Crippen molar-refractivity contribution in [3.63, 3.8) is 0 Å². The summed E-state index contributed by atoms with van der Waals surface area (Å²) in [4.78, 5) is 11.4. The van der Waals surface area contributed by atoms with Crippen LogP contribution in [0.3, 0.4) is 0 Å². The van der Waals surface area contributed by atoms with Gasteiger partial charge < -0.3 is 10.1 Å². The maximum absolute atomic E-state index is 11.4. The van der Waals surface area contributed by atoms with Crippen molar-refractivity contribution in [2.75, 3.05) is 18.6 Å². The predicted octanol–water partition coefficient (Wildman–Crippen LogP) is 2.90. The van der Waals surface area contributed by atoms with E-state index < -0.39 is 0 Å². The van der Waals surface area contributed by atoms with Crippen molar-refractivity contribution in [3.05, 3.63) is 0 Å². The molecular formula is C11H23NO2S. The van der Waals surface area contributed by atoms with Crippen molar-refractivity contribution in [2.24, 2.45) is 5.41 Å². The van der Waals surface area contributed by atoms with Gasteiger partial charge in [-0.2, -0.15) is 11.8 Å². The standard InChI is InChI=1S/C11H23NO2S/c1-10(2,3)12-9(13)14-7-11(4,5)8-15-6/h7-8H2,1-6H3,(H,12,13). The zero-order valence-corrected chi connectivity index (χ0v) is 11.5. The Balaban J connectivity index is 3.90. The fraction of sp³-hybridized carbons (Fsp3) is 0.909. The van der Waals surface area contributed by atoms with E-state index in [1.165, 1.54) is 0 Å². The summed E-state index contributed by atoms with van der Waals surface area (Å²) in [5.74, 6) is 0.982. The van der Waals surface area contributed by atoms with Crippen LogP contribution in [0.15, 0.2) is 0 Å². The van der Waals surface area contributed by atoms with Crippen LogP contribution in [0.5, 0.6) is 0 Å². The molecule has 0 aliphatic heterocycles. The minimum atomic E-state index is -0.336. The maximum atomic E-state index is 11.4. The molecule has 0 aromatic carbocycles. The molecule has 0 radical (unpaired) electrons.